The van der Waals surface area contributed by atoms with Gasteiger partial charge in [0.05, 0.1) is 0 Å². The molecule has 0 amide bonds. The van der Waals surface area contributed by atoms with E-state index in [2.05, 4.69) is 0 Å². The van der Waals surface area contributed by atoms with Gasteiger partial charge < -0.3 is 9.62 Å². The maximum atomic E-state index is 5.34. The van der Waals surface area contributed by atoms with Crippen molar-refractivity contribution in [3.63, 3.8) is 0 Å². The second-order valence-electron chi connectivity index (χ2n) is 1.77. The van der Waals surface area contributed by atoms with Gasteiger partial charge in [0.25, 0.3) is 0 Å². The van der Waals surface area contributed by atoms with Crippen molar-refractivity contribution in [2.45, 2.75) is 0 Å². The molecule has 1 heterocycles. The van der Waals surface area contributed by atoms with Gasteiger partial charge in [-0.2, -0.15) is 0 Å². The maximum Gasteiger partial charge on any atom is 0.184 e. The van der Waals surface area contributed by atoms with E-state index in [0.717, 1.165) is 13.1 Å². The zero-order chi connectivity index (χ0) is 5.28. The van der Waals surface area contributed by atoms with E-state index in [1.165, 1.54) is 0 Å². The lowest BCUT2D eigenvalue weighted by molar-refractivity contribution is 0.470. The zero-order valence-electron chi connectivity index (χ0n) is 4.17. The molecule has 1 aliphatic rings. The highest BCUT2D eigenvalue weighted by molar-refractivity contribution is 6.07. The van der Waals surface area contributed by atoms with Gasteiger partial charge in [-0.05, 0) is 13.1 Å². The van der Waals surface area contributed by atoms with Gasteiger partial charge in [-0.1, -0.05) is 0 Å². The van der Waals surface area contributed by atoms with Crippen molar-refractivity contribution in [2.75, 3.05) is 19.8 Å². The van der Waals surface area contributed by atoms with Crippen molar-refractivity contribution in [3.8, 4) is 0 Å². The van der Waals surface area contributed by atoms with Gasteiger partial charge in [-0.3, -0.25) is 0 Å². The molecule has 0 spiro atoms. The topological polar surface area (TPSA) is 6.48 Å². The Morgan fingerprint density at radius 2 is 1.43 bits per heavy atom. The third-order valence-corrected chi connectivity index (χ3v) is 1.04. The van der Waals surface area contributed by atoms with Crippen LogP contribution in [0.2, 0.25) is 0 Å². The molecule has 0 N–H and O–H groups in total. The van der Waals surface area contributed by atoms with E-state index < -0.39 is 0 Å². The predicted octanol–water partition coefficient (Wildman–Crippen LogP) is -1.27. The Morgan fingerprint density at radius 3 is 1.57 bits per heavy atom. The molecule has 1 saturated heterocycles. The Kier molecular flexibility index (Phi) is 1.40. The van der Waals surface area contributed by atoms with Crippen LogP contribution in [0.25, 0.3) is 0 Å². The van der Waals surface area contributed by atoms with Crippen LogP contribution in [0.3, 0.4) is 0 Å². The predicted molar refractivity (Wildman–Crippen MR) is 29.8 cm³/mol. The van der Waals surface area contributed by atoms with Gasteiger partial charge in [0.1, 0.15) is 0 Å². The molecule has 0 atom stereocenters. The van der Waals surface area contributed by atoms with E-state index in [1.54, 1.807) is 9.62 Å². The van der Waals surface area contributed by atoms with Crippen LogP contribution in [0.1, 0.15) is 0 Å². The van der Waals surface area contributed by atoms with Crippen molar-refractivity contribution in [2.24, 2.45) is 0 Å². The summed E-state index contributed by atoms with van der Waals surface area (Å²) >= 11 is 0. The molecule has 0 bridgehead atoms. The lowest BCUT2D eigenvalue weighted by Crippen LogP contribution is -2.20. The normalized spacial score (nSPS) is 26.3. The molecule has 1 rings (SSSR count). The van der Waals surface area contributed by atoms with E-state index in [-0.39, 0.29) is 0 Å². The van der Waals surface area contributed by atoms with E-state index in [1.807, 2.05) is 0 Å². The summed E-state index contributed by atoms with van der Waals surface area (Å²) in [6, 6.07) is 0. The summed E-state index contributed by atoms with van der Waals surface area (Å²) in [6.07, 6.45) is 0. The van der Waals surface area contributed by atoms with Crippen LogP contribution in [0, 0.1) is 0 Å². The highest BCUT2D eigenvalue weighted by atomic mass is 15.3. The zero-order valence-corrected chi connectivity index (χ0v) is 4.17. The minimum Gasteiger partial charge on any atom is -0.342 e. The van der Waals surface area contributed by atoms with Crippen molar-refractivity contribution in [1.82, 2.24) is 9.62 Å². The Morgan fingerprint density at radius 1 is 1.00 bits per heavy atom. The third kappa shape index (κ3) is 1.21. The quantitative estimate of drug-likeness (QED) is 0.343. The van der Waals surface area contributed by atoms with Crippen LogP contribution in [0.15, 0.2) is 0 Å². The fourth-order valence-corrected chi connectivity index (χ4v) is 0.632. The van der Waals surface area contributed by atoms with Gasteiger partial charge in [-0.25, -0.2) is 0 Å². The Labute approximate surface area is 46.3 Å². The van der Waals surface area contributed by atoms with Crippen LogP contribution in [-0.4, -0.2) is 45.3 Å². The molecule has 1 fully saturated rings. The molecule has 34 valence electrons. The molecule has 0 saturated carbocycles. The third-order valence-electron chi connectivity index (χ3n) is 1.04. The van der Waals surface area contributed by atoms with E-state index >= 15 is 0 Å². The first-order valence-electron chi connectivity index (χ1n) is 2.28. The largest absolute Gasteiger partial charge is 0.342 e. The van der Waals surface area contributed by atoms with Crippen molar-refractivity contribution >= 4 is 16.0 Å². The van der Waals surface area contributed by atoms with Gasteiger partial charge in [0.15, 0.2) is 16.0 Å². The van der Waals surface area contributed by atoms with Crippen molar-refractivity contribution < 1.29 is 0 Å². The molecule has 4 radical (unpaired) electrons. The van der Waals surface area contributed by atoms with Crippen LogP contribution >= 0.6 is 0 Å². The summed E-state index contributed by atoms with van der Waals surface area (Å²) in [4.78, 5) is 3.36. The number of nitrogens with zero attached hydrogens (tertiary/aromatic N) is 2. The minimum atomic E-state index is 0.694. The highest BCUT2D eigenvalue weighted by Crippen LogP contribution is 1.93. The first-order valence-corrected chi connectivity index (χ1v) is 2.28. The lowest BCUT2D eigenvalue weighted by atomic mass is 10.3. The standard InChI is InChI=1S/C3H6B2N2/c4-6-1-2-7(5)3-6/h1-3H2. The van der Waals surface area contributed by atoms with Crippen molar-refractivity contribution in [3.05, 3.63) is 0 Å². The molecule has 4 heteroatoms. The van der Waals surface area contributed by atoms with Crippen LogP contribution < -0.4 is 0 Å². The summed E-state index contributed by atoms with van der Waals surface area (Å²) in [6.45, 7) is 2.47. The fraction of sp³-hybridized carbons (Fsp3) is 1.00. The van der Waals surface area contributed by atoms with Crippen molar-refractivity contribution in [1.29, 1.82) is 0 Å². The highest BCUT2D eigenvalue weighted by Gasteiger charge is 2.09. The average molecular weight is 91.7 g/mol. The lowest BCUT2D eigenvalue weighted by Gasteiger charge is -2.07. The second kappa shape index (κ2) is 1.88. The van der Waals surface area contributed by atoms with Gasteiger partial charge in [0, 0.05) is 6.67 Å². The number of hydrogen-bond acceptors (Lipinski definition) is 2. The molecule has 7 heavy (non-hydrogen) atoms. The SMILES string of the molecule is [B]N1CCN([B])C1. The minimum absolute atomic E-state index is 0.694. The van der Waals surface area contributed by atoms with E-state index in [4.69, 9.17) is 16.0 Å². The maximum absolute atomic E-state index is 5.34. The monoisotopic (exact) mass is 92.1 g/mol. The summed E-state index contributed by atoms with van der Waals surface area (Å²) in [5, 5.41) is 0. The molecule has 0 aromatic rings. The first-order chi connectivity index (χ1) is 3.29. The molecule has 2 nitrogen and oxygen atoms in total. The molecule has 0 aliphatic carbocycles. The van der Waals surface area contributed by atoms with Gasteiger partial charge in [0.2, 0.25) is 0 Å². The Balaban J connectivity index is 2.26. The summed E-state index contributed by atoms with van der Waals surface area (Å²) in [5.74, 6) is 0. The molecule has 0 unspecified atom stereocenters. The van der Waals surface area contributed by atoms with Crippen LogP contribution in [0.5, 0.6) is 0 Å². The fourth-order valence-electron chi connectivity index (χ4n) is 0.632. The first kappa shape index (κ1) is 5.19. The average Bonchev–Trinajstić information content (AvgIpc) is 1.87. The summed E-state index contributed by atoms with van der Waals surface area (Å²) < 4.78 is 0. The van der Waals surface area contributed by atoms with E-state index in [0.29, 0.717) is 6.67 Å². The Bertz CT molecular complexity index is 60.0. The number of hydrogen-bond donors (Lipinski definition) is 0. The smallest absolute Gasteiger partial charge is 0.184 e. The molecule has 0 aromatic heterocycles. The molecular weight excluding hydrogens is 85.7 g/mol. The Hall–Kier alpha value is 0.0499. The van der Waals surface area contributed by atoms with Crippen LogP contribution in [0.4, 0.5) is 0 Å². The summed E-state index contributed by atoms with van der Waals surface area (Å²) in [5.41, 5.74) is 0. The van der Waals surface area contributed by atoms with Crippen LogP contribution in [-0.2, 0) is 0 Å². The molecule has 1 aliphatic heterocycles. The molecular formula is C3H6B2N2. The van der Waals surface area contributed by atoms with Gasteiger partial charge in [-0.15, -0.1) is 0 Å². The van der Waals surface area contributed by atoms with Gasteiger partial charge >= 0.3 is 0 Å². The van der Waals surface area contributed by atoms with E-state index in [9.17, 15) is 0 Å². The number of rotatable bonds is 0. The summed E-state index contributed by atoms with van der Waals surface area (Å²) in [7, 11) is 10.7. The molecule has 0 aromatic carbocycles. The second-order valence-corrected chi connectivity index (χ2v) is 1.77.